The molecule has 0 saturated heterocycles. The topological polar surface area (TPSA) is 44.5 Å². The van der Waals surface area contributed by atoms with Crippen LogP contribution in [0.1, 0.15) is 51.5 Å². The van der Waals surface area contributed by atoms with Gasteiger partial charge in [-0.15, -0.1) is 0 Å². The summed E-state index contributed by atoms with van der Waals surface area (Å²) in [5.74, 6) is 1.61. The second-order valence-electron chi connectivity index (χ2n) is 5.54. The number of ether oxygens (including phenoxy) is 2. The molecule has 0 aliphatic heterocycles. The van der Waals surface area contributed by atoms with E-state index in [0.29, 0.717) is 19.1 Å². The fraction of sp³-hybridized carbons (Fsp3) is 0.667. The minimum atomic E-state index is 0.552. The molecule has 0 radical (unpaired) electrons. The van der Waals surface area contributed by atoms with Crippen LogP contribution in [0.3, 0.4) is 0 Å². The highest BCUT2D eigenvalue weighted by molar-refractivity contribution is 5.28. The molecule has 0 aliphatic carbocycles. The predicted octanol–water partition coefficient (Wildman–Crippen LogP) is 4.15. The summed E-state index contributed by atoms with van der Waals surface area (Å²) < 4.78 is 11.5. The molecule has 0 saturated carbocycles. The molecule has 21 heavy (non-hydrogen) atoms. The van der Waals surface area contributed by atoms with Gasteiger partial charge < -0.3 is 15.2 Å². The fourth-order valence-electron chi connectivity index (χ4n) is 2.26. The van der Waals surface area contributed by atoms with Crippen LogP contribution >= 0.6 is 0 Å². The van der Waals surface area contributed by atoms with Crippen molar-refractivity contribution in [2.75, 3.05) is 19.8 Å². The molecule has 0 aliphatic rings. The largest absolute Gasteiger partial charge is 0.493 e. The fourth-order valence-corrected chi connectivity index (χ4v) is 2.26. The molecule has 1 unspecified atom stereocenters. The molecule has 1 atom stereocenters. The van der Waals surface area contributed by atoms with E-state index in [4.69, 9.17) is 15.2 Å². The van der Waals surface area contributed by atoms with Gasteiger partial charge in [-0.2, -0.15) is 0 Å². The molecule has 3 heteroatoms. The third-order valence-electron chi connectivity index (χ3n) is 3.73. The van der Waals surface area contributed by atoms with E-state index < -0.39 is 0 Å². The van der Waals surface area contributed by atoms with E-state index >= 15 is 0 Å². The van der Waals surface area contributed by atoms with E-state index in [1.54, 1.807) is 0 Å². The third kappa shape index (κ3) is 8.08. The summed E-state index contributed by atoms with van der Waals surface area (Å²) in [5, 5.41) is 0. The Morgan fingerprint density at radius 3 is 2.71 bits per heavy atom. The maximum Gasteiger partial charge on any atom is 0.119 e. The number of nitrogens with two attached hydrogens (primary N) is 1. The zero-order valence-corrected chi connectivity index (χ0v) is 13.6. The Labute approximate surface area is 129 Å². The molecule has 0 amide bonds. The summed E-state index contributed by atoms with van der Waals surface area (Å²) in [7, 11) is 0. The van der Waals surface area contributed by atoms with Gasteiger partial charge in [-0.1, -0.05) is 45.2 Å². The van der Waals surface area contributed by atoms with E-state index in [2.05, 4.69) is 13.8 Å². The predicted molar refractivity (Wildman–Crippen MR) is 88.6 cm³/mol. The summed E-state index contributed by atoms with van der Waals surface area (Å²) in [4.78, 5) is 0. The minimum Gasteiger partial charge on any atom is -0.493 e. The van der Waals surface area contributed by atoms with Crippen LogP contribution in [0, 0.1) is 5.92 Å². The van der Waals surface area contributed by atoms with Gasteiger partial charge in [-0.05, 0) is 30.0 Å². The lowest BCUT2D eigenvalue weighted by atomic mass is 10.0. The Hall–Kier alpha value is -1.06. The number of hydrogen-bond donors (Lipinski definition) is 1. The van der Waals surface area contributed by atoms with Gasteiger partial charge in [0.1, 0.15) is 5.75 Å². The lowest BCUT2D eigenvalue weighted by Crippen LogP contribution is -2.11. The van der Waals surface area contributed by atoms with Gasteiger partial charge in [0, 0.05) is 26.2 Å². The SMILES string of the molecule is CCCCC(CC)COCCCOc1cccc(CN)c1. The third-order valence-corrected chi connectivity index (χ3v) is 3.73. The number of rotatable bonds is 12. The van der Waals surface area contributed by atoms with E-state index in [-0.39, 0.29) is 0 Å². The zero-order valence-electron chi connectivity index (χ0n) is 13.6. The lowest BCUT2D eigenvalue weighted by molar-refractivity contribution is 0.0842. The van der Waals surface area contributed by atoms with E-state index in [1.165, 1.54) is 25.7 Å². The second-order valence-corrected chi connectivity index (χ2v) is 5.54. The molecule has 1 aromatic rings. The molecule has 0 bridgehead atoms. The van der Waals surface area contributed by atoms with Crippen molar-refractivity contribution in [1.82, 2.24) is 0 Å². The monoisotopic (exact) mass is 293 g/mol. The quantitative estimate of drug-likeness (QED) is 0.589. The summed E-state index contributed by atoms with van der Waals surface area (Å²) in [6, 6.07) is 7.96. The van der Waals surface area contributed by atoms with Gasteiger partial charge in [-0.25, -0.2) is 0 Å². The van der Waals surface area contributed by atoms with Gasteiger partial charge in [0.15, 0.2) is 0 Å². The van der Waals surface area contributed by atoms with Crippen molar-refractivity contribution < 1.29 is 9.47 Å². The van der Waals surface area contributed by atoms with Crippen molar-refractivity contribution in [1.29, 1.82) is 0 Å². The average Bonchev–Trinajstić information content (AvgIpc) is 2.53. The Morgan fingerprint density at radius 1 is 1.14 bits per heavy atom. The van der Waals surface area contributed by atoms with Crippen LogP contribution in [0.4, 0.5) is 0 Å². The first kappa shape index (κ1) is 18.0. The van der Waals surface area contributed by atoms with Crippen molar-refractivity contribution in [3.05, 3.63) is 29.8 Å². The van der Waals surface area contributed by atoms with Crippen LogP contribution in [0.15, 0.2) is 24.3 Å². The molecule has 1 rings (SSSR count). The summed E-state index contributed by atoms with van der Waals surface area (Å²) in [6.45, 7) is 7.40. The summed E-state index contributed by atoms with van der Waals surface area (Å²) in [5.41, 5.74) is 6.72. The van der Waals surface area contributed by atoms with Crippen molar-refractivity contribution in [2.24, 2.45) is 11.7 Å². The molecule has 120 valence electrons. The normalized spacial score (nSPS) is 12.3. The van der Waals surface area contributed by atoms with Crippen LogP contribution in [-0.4, -0.2) is 19.8 Å². The molecule has 0 aromatic heterocycles. The Morgan fingerprint density at radius 2 is 2.00 bits per heavy atom. The van der Waals surface area contributed by atoms with Crippen molar-refractivity contribution in [3.63, 3.8) is 0 Å². The maximum absolute atomic E-state index is 5.77. The molecule has 3 nitrogen and oxygen atoms in total. The van der Waals surface area contributed by atoms with Crippen molar-refractivity contribution >= 4 is 0 Å². The van der Waals surface area contributed by atoms with Gasteiger partial charge in [0.2, 0.25) is 0 Å². The van der Waals surface area contributed by atoms with Crippen LogP contribution in [-0.2, 0) is 11.3 Å². The molecule has 0 heterocycles. The molecule has 0 spiro atoms. The van der Waals surface area contributed by atoms with Crippen molar-refractivity contribution in [3.8, 4) is 5.75 Å². The highest BCUT2D eigenvalue weighted by atomic mass is 16.5. The van der Waals surface area contributed by atoms with Crippen LogP contribution in [0.2, 0.25) is 0 Å². The highest BCUT2D eigenvalue weighted by Crippen LogP contribution is 2.14. The Kier molecular flexibility index (Phi) is 9.92. The second kappa shape index (κ2) is 11.6. The minimum absolute atomic E-state index is 0.552. The zero-order chi connectivity index (χ0) is 15.3. The average molecular weight is 293 g/mol. The van der Waals surface area contributed by atoms with Crippen molar-refractivity contribution in [2.45, 2.75) is 52.5 Å². The number of benzene rings is 1. The molecule has 2 N–H and O–H groups in total. The lowest BCUT2D eigenvalue weighted by Gasteiger charge is -2.14. The summed E-state index contributed by atoms with van der Waals surface area (Å²) >= 11 is 0. The van der Waals surface area contributed by atoms with Crippen LogP contribution in [0.5, 0.6) is 5.75 Å². The first-order chi connectivity index (χ1) is 10.3. The van der Waals surface area contributed by atoms with Crippen LogP contribution in [0.25, 0.3) is 0 Å². The molecular formula is C18H31NO2. The highest BCUT2D eigenvalue weighted by Gasteiger charge is 2.05. The van der Waals surface area contributed by atoms with Crippen LogP contribution < -0.4 is 10.5 Å². The van der Waals surface area contributed by atoms with E-state index in [1.807, 2.05) is 24.3 Å². The van der Waals surface area contributed by atoms with E-state index in [0.717, 1.165) is 30.9 Å². The standard InChI is InChI=1S/C18H31NO2/c1-3-5-8-16(4-2)15-20-11-7-12-21-18-10-6-9-17(13-18)14-19/h6,9-10,13,16H,3-5,7-8,11-12,14-15,19H2,1-2H3. The molecule has 1 aromatic carbocycles. The first-order valence-electron chi connectivity index (χ1n) is 8.29. The van der Waals surface area contributed by atoms with Gasteiger partial charge >= 0.3 is 0 Å². The van der Waals surface area contributed by atoms with Gasteiger partial charge in [0.25, 0.3) is 0 Å². The summed E-state index contributed by atoms with van der Waals surface area (Å²) in [6.07, 6.45) is 6.00. The smallest absolute Gasteiger partial charge is 0.119 e. The first-order valence-corrected chi connectivity index (χ1v) is 8.29. The van der Waals surface area contributed by atoms with Gasteiger partial charge in [0.05, 0.1) is 6.61 Å². The Bertz CT molecular complexity index is 368. The Balaban J connectivity index is 2.08. The number of hydrogen-bond acceptors (Lipinski definition) is 3. The maximum atomic E-state index is 5.77. The number of unbranched alkanes of at least 4 members (excludes halogenated alkanes) is 1. The van der Waals surface area contributed by atoms with Gasteiger partial charge in [-0.3, -0.25) is 0 Å². The van der Waals surface area contributed by atoms with E-state index in [9.17, 15) is 0 Å². The molecular weight excluding hydrogens is 262 g/mol. The molecule has 0 fully saturated rings.